The van der Waals surface area contributed by atoms with Crippen molar-refractivity contribution in [2.45, 2.75) is 40.7 Å². The number of hydrogen-bond donors (Lipinski definition) is 1. The van der Waals surface area contributed by atoms with Gasteiger partial charge in [0.2, 0.25) is 0 Å². The second-order valence-electron chi connectivity index (χ2n) is 2.70. The van der Waals surface area contributed by atoms with Gasteiger partial charge in [0.15, 0.2) is 0 Å². The highest BCUT2D eigenvalue weighted by Gasteiger charge is 2.10. The summed E-state index contributed by atoms with van der Waals surface area (Å²) >= 11 is 0. The second kappa shape index (κ2) is 7.56. The molecule has 1 aromatic rings. The minimum absolute atomic E-state index is 0.989. The molecule has 0 spiro atoms. The Morgan fingerprint density at radius 1 is 1.29 bits per heavy atom. The number of nitrogens with one attached hydrogen (secondary N) is 1. The highest BCUT2D eigenvalue weighted by molar-refractivity contribution is 5.19. The summed E-state index contributed by atoms with van der Waals surface area (Å²) < 4.78 is 1.89. The van der Waals surface area contributed by atoms with Gasteiger partial charge in [0.25, 0.3) is 0 Å². The van der Waals surface area contributed by atoms with E-state index in [0.717, 1.165) is 19.5 Å². The van der Waals surface area contributed by atoms with Gasteiger partial charge in [-0.1, -0.05) is 27.7 Å². The maximum atomic E-state index is 4.33. The lowest BCUT2D eigenvalue weighted by atomic mass is 10.1. The molecule has 14 heavy (non-hydrogen) atoms. The number of rotatable bonds is 0. The molecule has 1 aliphatic heterocycles. The van der Waals surface area contributed by atoms with Crippen LogP contribution in [0.4, 0.5) is 0 Å². The number of fused-ring (bicyclic) bond motifs is 1. The molecule has 0 saturated heterocycles. The van der Waals surface area contributed by atoms with Crippen molar-refractivity contribution in [3.05, 3.63) is 17.5 Å². The van der Waals surface area contributed by atoms with E-state index in [4.69, 9.17) is 0 Å². The molecule has 3 nitrogen and oxygen atoms in total. The van der Waals surface area contributed by atoms with Crippen molar-refractivity contribution in [1.29, 1.82) is 0 Å². The first-order chi connectivity index (χ1) is 6.86. The summed E-state index contributed by atoms with van der Waals surface area (Å²) in [5.74, 6) is 0. The van der Waals surface area contributed by atoms with Gasteiger partial charge < -0.3 is 5.32 Å². The van der Waals surface area contributed by atoms with Gasteiger partial charge in [-0.15, -0.1) is 0 Å². The molecule has 0 aliphatic carbocycles. The first-order valence-electron chi connectivity index (χ1n) is 5.58. The van der Waals surface area contributed by atoms with Crippen molar-refractivity contribution in [2.24, 2.45) is 7.05 Å². The van der Waals surface area contributed by atoms with Crippen LogP contribution >= 0.6 is 0 Å². The molecule has 1 N–H and O–H groups in total. The summed E-state index contributed by atoms with van der Waals surface area (Å²) in [6.45, 7) is 10.1. The Hall–Kier alpha value is -0.830. The lowest BCUT2D eigenvalue weighted by Crippen LogP contribution is -2.22. The first-order valence-corrected chi connectivity index (χ1v) is 5.58. The highest BCUT2D eigenvalue weighted by Crippen LogP contribution is 2.09. The van der Waals surface area contributed by atoms with E-state index in [9.17, 15) is 0 Å². The molecule has 2 heterocycles. The Kier molecular flexibility index (Phi) is 7.11. The van der Waals surface area contributed by atoms with Crippen molar-refractivity contribution in [2.75, 3.05) is 6.54 Å². The molecule has 0 saturated carbocycles. The van der Waals surface area contributed by atoms with Gasteiger partial charge in [0.05, 0.1) is 5.69 Å². The van der Waals surface area contributed by atoms with Crippen LogP contribution in [0, 0.1) is 0 Å². The van der Waals surface area contributed by atoms with Gasteiger partial charge >= 0.3 is 0 Å². The van der Waals surface area contributed by atoms with E-state index in [1.807, 2.05) is 39.4 Å². The van der Waals surface area contributed by atoms with Crippen LogP contribution in [0.2, 0.25) is 0 Å². The standard InChI is InChI=1S/C7H11N3.2C2H6/c1-10-5-6-4-8-3-2-7(6)9-10;2*1-2/h5,8H,2-4H2,1H3;2*1-2H3. The summed E-state index contributed by atoms with van der Waals surface area (Å²) in [6, 6.07) is 0. The van der Waals surface area contributed by atoms with Crippen LogP contribution in [0.1, 0.15) is 39.0 Å². The minimum atomic E-state index is 0.989. The largest absolute Gasteiger partial charge is 0.312 e. The third-order valence-corrected chi connectivity index (χ3v) is 1.85. The van der Waals surface area contributed by atoms with E-state index < -0.39 is 0 Å². The maximum Gasteiger partial charge on any atom is 0.0682 e. The molecular weight excluding hydrogens is 174 g/mol. The number of aryl methyl sites for hydroxylation is 1. The summed E-state index contributed by atoms with van der Waals surface area (Å²) in [7, 11) is 1.97. The van der Waals surface area contributed by atoms with Crippen molar-refractivity contribution >= 4 is 0 Å². The third-order valence-electron chi connectivity index (χ3n) is 1.85. The molecule has 1 aliphatic rings. The van der Waals surface area contributed by atoms with E-state index in [0.29, 0.717) is 0 Å². The summed E-state index contributed by atoms with van der Waals surface area (Å²) in [4.78, 5) is 0. The lowest BCUT2D eigenvalue weighted by Gasteiger charge is -2.09. The van der Waals surface area contributed by atoms with Gasteiger partial charge in [-0.3, -0.25) is 4.68 Å². The maximum absolute atomic E-state index is 4.33. The SMILES string of the molecule is CC.CC.Cn1cc2c(n1)CCNC2. The average molecular weight is 197 g/mol. The van der Waals surface area contributed by atoms with Crippen LogP contribution in [0.5, 0.6) is 0 Å². The molecule has 0 unspecified atom stereocenters. The molecule has 0 bridgehead atoms. The van der Waals surface area contributed by atoms with Gasteiger partial charge in [-0.25, -0.2) is 0 Å². The highest BCUT2D eigenvalue weighted by atomic mass is 15.3. The van der Waals surface area contributed by atoms with Crippen LogP contribution < -0.4 is 5.32 Å². The van der Waals surface area contributed by atoms with Gasteiger partial charge in [-0.05, 0) is 0 Å². The van der Waals surface area contributed by atoms with Crippen LogP contribution in [-0.4, -0.2) is 16.3 Å². The lowest BCUT2D eigenvalue weighted by molar-refractivity contribution is 0.632. The normalized spacial score (nSPS) is 12.9. The van der Waals surface area contributed by atoms with E-state index >= 15 is 0 Å². The fraction of sp³-hybridized carbons (Fsp3) is 0.727. The van der Waals surface area contributed by atoms with Crippen LogP contribution in [0.15, 0.2) is 6.20 Å². The Bertz CT molecular complexity index is 217. The monoisotopic (exact) mass is 197 g/mol. The van der Waals surface area contributed by atoms with E-state index in [2.05, 4.69) is 16.6 Å². The molecule has 0 aromatic carbocycles. The van der Waals surface area contributed by atoms with Crippen LogP contribution in [0.3, 0.4) is 0 Å². The fourth-order valence-electron chi connectivity index (χ4n) is 1.37. The van der Waals surface area contributed by atoms with E-state index in [1.54, 1.807) is 0 Å². The molecule has 2 rings (SSSR count). The summed E-state index contributed by atoms with van der Waals surface area (Å²) in [5, 5.41) is 7.63. The second-order valence-corrected chi connectivity index (χ2v) is 2.70. The molecule has 0 fully saturated rings. The number of nitrogens with zero attached hydrogens (tertiary/aromatic N) is 2. The van der Waals surface area contributed by atoms with Gasteiger partial charge in [-0.2, -0.15) is 5.10 Å². The molecular formula is C11H23N3. The topological polar surface area (TPSA) is 29.9 Å². The third kappa shape index (κ3) is 3.50. The van der Waals surface area contributed by atoms with E-state index in [-0.39, 0.29) is 0 Å². The number of aromatic nitrogens is 2. The minimum Gasteiger partial charge on any atom is -0.312 e. The Labute approximate surface area is 87.5 Å². The molecule has 0 radical (unpaired) electrons. The van der Waals surface area contributed by atoms with Crippen molar-refractivity contribution < 1.29 is 0 Å². The zero-order valence-corrected chi connectivity index (χ0v) is 10.1. The molecule has 3 heteroatoms. The van der Waals surface area contributed by atoms with Crippen molar-refractivity contribution in [3.63, 3.8) is 0 Å². The predicted octanol–water partition coefficient (Wildman–Crippen LogP) is 2.12. The number of hydrogen-bond acceptors (Lipinski definition) is 2. The molecule has 82 valence electrons. The van der Waals surface area contributed by atoms with Gasteiger partial charge in [0, 0.05) is 38.3 Å². The van der Waals surface area contributed by atoms with Crippen molar-refractivity contribution in [3.8, 4) is 0 Å². The summed E-state index contributed by atoms with van der Waals surface area (Å²) in [6.07, 6.45) is 3.16. The Morgan fingerprint density at radius 3 is 2.50 bits per heavy atom. The Morgan fingerprint density at radius 2 is 1.93 bits per heavy atom. The molecule has 0 amide bonds. The zero-order valence-electron chi connectivity index (χ0n) is 10.1. The Balaban J connectivity index is 0.000000379. The zero-order chi connectivity index (χ0) is 11.0. The molecule has 0 atom stereocenters. The average Bonchev–Trinajstić information content (AvgIpc) is 2.64. The smallest absolute Gasteiger partial charge is 0.0682 e. The fourth-order valence-corrected chi connectivity index (χ4v) is 1.37. The predicted molar refractivity (Wildman–Crippen MR) is 61.3 cm³/mol. The van der Waals surface area contributed by atoms with E-state index in [1.165, 1.54) is 11.3 Å². The first kappa shape index (κ1) is 13.2. The van der Waals surface area contributed by atoms with Crippen LogP contribution in [-0.2, 0) is 20.0 Å². The summed E-state index contributed by atoms with van der Waals surface area (Å²) in [5.41, 5.74) is 2.62. The molecule has 1 aromatic heterocycles. The quantitative estimate of drug-likeness (QED) is 0.690. The van der Waals surface area contributed by atoms with Crippen molar-refractivity contribution in [1.82, 2.24) is 15.1 Å². The van der Waals surface area contributed by atoms with Crippen LogP contribution in [0.25, 0.3) is 0 Å². The van der Waals surface area contributed by atoms with Gasteiger partial charge in [0.1, 0.15) is 0 Å².